The molecule has 1 fully saturated rings. The predicted molar refractivity (Wildman–Crippen MR) is 135 cm³/mol. The van der Waals surface area contributed by atoms with Crippen molar-refractivity contribution in [2.24, 2.45) is 18.0 Å². The first-order chi connectivity index (χ1) is 18.2. The average molecular weight is 532 g/mol. The molecule has 2 aromatic heterocycles. The number of rotatable bonds is 4. The summed E-state index contributed by atoms with van der Waals surface area (Å²) in [5.41, 5.74) is 1.51. The molecule has 0 aliphatic carbocycles. The Morgan fingerprint density at radius 3 is 2.58 bits per heavy atom. The predicted octanol–water partition coefficient (Wildman–Crippen LogP) is 3.88. The van der Waals surface area contributed by atoms with Gasteiger partial charge in [-0.1, -0.05) is 6.07 Å². The summed E-state index contributed by atoms with van der Waals surface area (Å²) < 4.78 is 51.4. The summed E-state index contributed by atoms with van der Waals surface area (Å²) in [6.45, 7) is 2.03. The van der Waals surface area contributed by atoms with Crippen LogP contribution >= 0.6 is 0 Å². The normalized spacial score (nSPS) is 18.2. The fourth-order valence-corrected chi connectivity index (χ4v) is 5.41. The van der Waals surface area contributed by atoms with Gasteiger partial charge in [-0.2, -0.15) is 13.2 Å². The van der Waals surface area contributed by atoms with Crippen molar-refractivity contribution in [1.29, 1.82) is 0 Å². The Morgan fingerprint density at radius 2 is 1.92 bits per heavy atom. The van der Waals surface area contributed by atoms with Crippen LogP contribution in [0.4, 0.5) is 18.0 Å². The number of pyridine rings is 1. The van der Waals surface area contributed by atoms with Crippen LogP contribution in [0, 0.1) is 5.92 Å². The van der Waals surface area contributed by atoms with Crippen LogP contribution in [0.25, 0.3) is 10.9 Å². The number of aryl methyl sites for hydroxylation is 1. The number of benzene rings is 1. The Morgan fingerprint density at radius 1 is 1.16 bits per heavy atom. The molecule has 5 rings (SSSR count). The smallest absolute Gasteiger partial charge is 0.396 e. The van der Waals surface area contributed by atoms with E-state index in [4.69, 9.17) is 4.74 Å². The molecule has 0 radical (unpaired) electrons. The van der Waals surface area contributed by atoms with Crippen LogP contribution in [-0.2, 0) is 31.1 Å². The Bertz CT molecular complexity index is 1390. The van der Waals surface area contributed by atoms with Gasteiger partial charge in [-0.05, 0) is 48.6 Å². The Hall–Kier alpha value is -3.31. The minimum atomic E-state index is -4.55. The van der Waals surface area contributed by atoms with Crippen molar-refractivity contribution >= 4 is 16.9 Å². The van der Waals surface area contributed by atoms with Crippen molar-refractivity contribution in [3.63, 3.8) is 0 Å². The van der Waals surface area contributed by atoms with Crippen LogP contribution in [0.15, 0.2) is 47.7 Å². The zero-order valence-corrected chi connectivity index (χ0v) is 21.5. The van der Waals surface area contributed by atoms with Gasteiger partial charge >= 0.3 is 12.2 Å². The van der Waals surface area contributed by atoms with Gasteiger partial charge in [0.15, 0.2) is 6.23 Å². The summed E-state index contributed by atoms with van der Waals surface area (Å²) in [5.74, 6) is 0.183. The van der Waals surface area contributed by atoms with Crippen molar-refractivity contribution < 1.29 is 27.8 Å². The van der Waals surface area contributed by atoms with E-state index in [1.807, 2.05) is 40.6 Å². The van der Waals surface area contributed by atoms with Gasteiger partial charge in [-0.3, -0.25) is 0 Å². The van der Waals surface area contributed by atoms with E-state index in [-0.39, 0.29) is 25.1 Å². The van der Waals surface area contributed by atoms with Gasteiger partial charge in [-0.15, -0.1) is 0 Å². The second-order valence-electron chi connectivity index (χ2n) is 10.0. The van der Waals surface area contributed by atoms with E-state index < -0.39 is 18.0 Å². The number of carbonyl (C=O) groups is 1. The topological polar surface area (TPSA) is 75.2 Å². The first kappa shape index (κ1) is 26.3. The minimum absolute atomic E-state index is 0.0745. The van der Waals surface area contributed by atoms with Crippen molar-refractivity contribution in [2.75, 3.05) is 33.4 Å². The number of aliphatic hydroxyl groups excluding tert-OH is 1. The summed E-state index contributed by atoms with van der Waals surface area (Å²) in [6.07, 6.45) is -0.291. The molecular weight excluding hydrogens is 499 g/mol. The number of aliphatic hydroxyl groups is 1. The molecule has 1 N–H and O–H groups in total. The van der Waals surface area contributed by atoms with Crippen LogP contribution in [0.3, 0.4) is 0 Å². The minimum Gasteiger partial charge on any atom is -0.396 e. The maximum atomic E-state index is 14.0. The molecule has 0 bridgehead atoms. The second-order valence-corrected chi connectivity index (χ2v) is 10.0. The number of piperidine rings is 1. The lowest BCUT2D eigenvalue weighted by Crippen LogP contribution is -2.47. The quantitative estimate of drug-likeness (QED) is 0.555. The number of likely N-dealkylation sites (tertiary alicyclic amines) is 1. The van der Waals surface area contributed by atoms with E-state index in [9.17, 15) is 23.1 Å². The van der Waals surface area contributed by atoms with Crippen LogP contribution in [0.5, 0.6) is 0 Å². The molecule has 1 saturated heterocycles. The van der Waals surface area contributed by atoms with Crippen molar-refractivity contribution in [2.45, 2.75) is 38.3 Å². The van der Waals surface area contributed by atoms with Gasteiger partial charge in [0, 0.05) is 76.8 Å². The summed E-state index contributed by atoms with van der Waals surface area (Å²) in [6, 6.07) is 7.65. The Kier molecular flexibility index (Phi) is 7.23. The number of aromatic nitrogens is 2. The van der Waals surface area contributed by atoms with Gasteiger partial charge in [0.2, 0.25) is 0 Å². The van der Waals surface area contributed by atoms with E-state index in [1.54, 1.807) is 16.0 Å². The number of amides is 2. The number of hydrogen-bond acceptors (Lipinski definition) is 4. The fraction of sp³-hybridized carbons (Fsp3) is 0.481. The molecular formula is C27H32F3N5O3. The van der Waals surface area contributed by atoms with Crippen LogP contribution in [0.2, 0.25) is 0 Å². The van der Waals surface area contributed by atoms with Gasteiger partial charge in [0.25, 0.3) is 0 Å². The van der Waals surface area contributed by atoms with E-state index in [2.05, 4.69) is 4.99 Å². The number of methoxy groups -OCH3 is 1. The summed E-state index contributed by atoms with van der Waals surface area (Å²) in [5, 5.41) is 9.82. The number of hydrogen-bond donors (Lipinski definition) is 1. The third kappa shape index (κ3) is 5.04. The van der Waals surface area contributed by atoms with Crippen molar-refractivity contribution in [3.8, 4) is 0 Å². The molecule has 204 valence electrons. The molecule has 2 aliphatic rings. The first-order valence-corrected chi connectivity index (χ1v) is 12.8. The summed E-state index contributed by atoms with van der Waals surface area (Å²) in [7, 11) is 3.33. The number of carbonyl (C=O) groups excluding carboxylic acids is 1. The monoisotopic (exact) mass is 531 g/mol. The number of urea groups is 1. The van der Waals surface area contributed by atoms with Crippen LogP contribution in [0.1, 0.15) is 35.8 Å². The first-order valence-electron chi connectivity index (χ1n) is 12.8. The zero-order valence-electron chi connectivity index (χ0n) is 21.5. The second kappa shape index (κ2) is 10.5. The molecule has 3 aromatic rings. The highest BCUT2D eigenvalue weighted by atomic mass is 19.4. The lowest BCUT2D eigenvalue weighted by Gasteiger charge is -2.35. The highest BCUT2D eigenvalue weighted by molar-refractivity contribution is 5.89. The molecule has 8 nitrogen and oxygen atoms in total. The fourth-order valence-electron chi connectivity index (χ4n) is 5.41. The molecule has 38 heavy (non-hydrogen) atoms. The van der Waals surface area contributed by atoms with Gasteiger partial charge in [-0.25, -0.2) is 9.79 Å². The van der Waals surface area contributed by atoms with Crippen molar-refractivity contribution in [3.05, 3.63) is 64.9 Å². The van der Waals surface area contributed by atoms with Crippen LogP contribution < -0.4 is 5.49 Å². The number of nitrogens with zero attached hydrogens (tertiary/aromatic N) is 5. The zero-order chi connectivity index (χ0) is 27.0. The standard InChI is InChI=1S/C27H32F3N5O3/c1-32-8-4-3-5-23(32)31-25(38-2)22-16-34-11-12-35(26(37)33-9-6-18(17-36)7-10-33)15-19-13-20(27(28,29)30)14-21(22)24(19)34/h3-5,8,13-14,16,18,25,36H,6-7,9-12,15,17H2,1-2H3. The summed E-state index contributed by atoms with van der Waals surface area (Å²) >= 11 is 0. The van der Waals surface area contributed by atoms with Gasteiger partial charge in [0.1, 0.15) is 5.49 Å². The van der Waals surface area contributed by atoms with E-state index >= 15 is 0 Å². The Balaban J connectivity index is 1.55. The summed E-state index contributed by atoms with van der Waals surface area (Å²) in [4.78, 5) is 21.4. The molecule has 2 aliphatic heterocycles. The lowest BCUT2D eigenvalue weighted by atomic mass is 9.98. The molecule has 1 atom stereocenters. The third-order valence-electron chi connectivity index (χ3n) is 7.56. The maximum Gasteiger partial charge on any atom is 0.416 e. The highest BCUT2D eigenvalue weighted by Crippen LogP contribution is 2.39. The number of ether oxygens (including phenoxy) is 1. The van der Waals surface area contributed by atoms with E-state index in [0.717, 1.165) is 12.1 Å². The van der Waals surface area contributed by atoms with E-state index in [0.29, 0.717) is 66.5 Å². The molecule has 4 heterocycles. The van der Waals surface area contributed by atoms with E-state index in [1.165, 1.54) is 7.11 Å². The number of alkyl halides is 3. The maximum absolute atomic E-state index is 14.0. The highest BCUT2D eigenvalue weighted by Gasteiger charge is 2.35. The third-order valence-corrected chi connectivity index (χ3v) is 7.56. The van der Waals surface area contributed by atoms with Gasteiger partial charge < -0.3 is 28.8 Å². The lowest BCUT2D eigenvalue weighted by molar-refractivity contribution is -0.137. The van der Waals surface area contributed by atoms with Crippen LogP contribution in [-0.4, -0.2) is 63.4 Å². The Labute approximate surface area is 218 Å². The molecule has 0 saturated carbocycles. The average Bonchev–Trinajstić information content (AvgIpc) is 3.17. The molecule has 1 unspecified atom stereocenters. The molecule has 2 amide bonds. The SMILES string of the molecule is COC(N=c1ccccn1C)c1cn2c3c(cc(C(F)(F)F)cc13)CN(C(=O)N1CCC(CO)CC1)CC2. The van der Waals surface area contributed by atoms with Crippen molar-refractivity contribution in [1.82, 2.24) is 18.9 Å². The number of halogens is 3. The molecule has 11 heteroatoms. The van der Waals surface area contributed by atoms with Gasteiger partial charge in [0.05, 0.1) is 11.1 Å². The largest absolute Gasteiger partial charge is 0.416 e. The molecule has 0 spiro atoms. The molecule has 1 aromatic carbocycles.